The number of carbonyl (C=O) groups is 1. The molecular weight excluding hydrogens is 188 g/mol. The summed E-state index contributed by atoms with van der Waals surface area (Å²) in [5, 5.41) is 3.27. The van der Waals surface area contributed by atoms with Crippen LogP contribution in [0.5, 0.6) is 0 Å². The number of para-hydroxylation sites is 1. The van der Waals surface area contributed by atoms with Gasteiger partial charge in [-0.1, -0.05) is 12.1 Å². The van der Waals surface area contributed by atoms with Crippen molar-refractivity contribution < 1.29 is 4.79 Å². The maximum Gasteiger partial charge on any atom is 0.251 e. The van der Waals surface area contributed by atoms with Crippen LogP contribution in [0, 0.1) is 6.92 Å². The highest BCUT2D eigenvalue weighted by molar-refractivity contribution is 6.07. The minimum Gasteiger partial charge on any atom is -0.370 e. The lowest BCUT2D eigenvalue weighted by atomic mass is 9.97. The molecule has 0 saturated heterocycles. The molecule has 1 aliphatic heterocycles. The molecule has 0 spiro atoms. The van der Waals surface area contributed by atoms with E-state index in [1.807, 2.05) is 46.0 Å². The molecule has 15 heavy (non-hydrogen) atoms. The molecule has 0 unspecified atom stereocenters. The number of nitrogens with zero attached hydrogens (tertiary/aromatic N) is 1. The van der Waals surface area contributed by atoms with Crippen molar-refractivity contribution in [3.8, 4) is 0 Å². The largest absolute Gasteiger partial charge is 0.370 e. The first-order valence-corrected chi connectivity index (χ1v) is 5.09. The number of likely N-dealkylation sites (N-methyl/N-ethyl adjacent to an activating group) is 1. The van der Waals surface area contributed by atoms with Crippen LogP contribution in [-0.4, -0.2) is 18.5 Å². The van der Waals surface area contributed by atoms with Gasteiger partial charge in [0, 0.05) is 7.05 Å². The fourth-order valence-electron chi connectivity index (χ4n) is 2.12. The Kier molecular flexibility index (Phi) is 2.00. The van der Waals surface area contributed by atoms with E-state index in [1.165, 1.54) is 0 Å². The van der Waals surface area contributed by atoms with Crippen molar-refractivity contribution in [2.75, 3.05) is 17.3 Å². The molecule has 1 amide bonds. The average Bonchev–Trinajstić information content (AvgIpc) is 2.13. The number of fused-ring (bicyclic) bond motifs is 1. The van der Waals surface area contributed by atoms with E-state index in [0.29, 0.717) is 0 Å². The maximum absolute atomic E-state index is 12.0. The predicted octanol–water partition coefficient (Wildman–Crippen LogP) is 2.16. The summed E-state index contributed by atoms with van der Waals surface area (Å²) in [6.45, 7) is 5.82. The molecule has 0 bridgehead atoms. The number of nitrogens with one attached hydrogen (secondary N) is 1. The van der Waals surface area contributed by atoms with Gasteiger partial charge < -0.3 is 10.2 Å². The SMILES string of the molecule is Cc1cccc2c1N(C)C(=O)C(C)(C)N2. The fourth-order valence-corrected chi connectivity index (χ4v) is 2.12. The van der Waals surface area contributed by atoms with Gasteiger partial charge in [-0.3, -0.25) is 4.79 Å². The number of hydrogen-bond donors (Lipinski definition) is 1. The van der Waals surface area contributed by atoms with Gasteiger partial charge >= 0.3 is 0 Å². The number of amides is 1. The van der Waals surface area contributed by atoms with Crippen LogP contribution in [0.1, 0.15) is 19.4 Å². The quantitative estimate of drug-likeness (QED) is 0.702. The first kappa shape index (κ1) is 10.0. The van der Waals surface area contributed by atoms with Crippen LogP contribution in [-0.2, 0) is 4.79 Å². The molecular formula is C12H16N2O. The van der Waals surface area contributed by atoms with E-state index in [9.17, 15) is 4.79 Å². The second kappa shape index (κ2) is 2.99. The van der Waals surface area contributed by atoms with Crippen LogP contribution < -0.4 is 10.2 Å². The summed E-state index contributed by atoms with van der Waals surface area (Å²) in [4.78, 5) is 13.8. The molecule has 80 valence electrons. The summed E-state index contributed by atoms with van der Waals surface area (Å²) in [7, 11) is 1.83. The molecule has 0 aromatic heterocycles. The number of benzene rings is 1. The summed E-state index contributed by atoms with van der Waals surface area (Å²) in [6, 6.07) is 6.02. The van der Waals surface area contributed by atoms with Gasteiger partial charge in [-0.2, -0.15) is 0 Å². The summed E-state index contributed by atoms with van der Waals surface area (Å²) < 4.78 is 0. The van der Waals surface area contributed by atoms with E-state index in [4.69, 9.17) is 0 Å². The highest BCUT2D eigenvalue weighted by Crippen LogP contribution is 2.36. The van der Waals surface area contributed by atoms with E-state index in [2.05, 4.69) is 5.32 Å². The number of aryl methyl sites for hydroxylation is 1. The molecule has 3 nitrogen and oxygen atoms in total. The third kappa shape index (κ3) is 1.39. The van der Waals surface area contributed by atoms with Crippen molar-refractivity contribution in [1.29, 1.82) is 0 Å². The van der Waals surface area contributed by atoms with E-state index < -0.39 is 5.54 Å². The van der Waals surface area contributed by atoms with Gasteiger partial charge in [0.25, 0.3) is 5.91 Å². The second-order valence-corrected chi connectivity index (χ2v) is 4.59. The van der Waals surface area contributed by atoms with Gasteiger partial charge in [0.2, 0.25) is 0 Å². The Bertz CT molecular complexity index is 424. The smallest absolute Gasteiger partial charge is 0.251 e. The maximum atomic E-state index is 12.0. The lowest BCUT2D eigenvalue weighted by molar-refractivity contribution is -0.121. The zero-order valence-corrected chi connectivity index (χ0v) is 9.59. The highest BCUT2D eigenvalue weighted by Gasteiger charge is 2.37. The van der Waals surface area contributed by atoms with Crippen LogP contribution in [0.15, 0.2) is 18.2 Å². The van der Waals surface area contributed by atoms with E-state index in [0.717, 1.165) is 16.9 Å². The van der Waals surface area contributed by atoms with Gasteiger partial charge in [-0.05, 0) is 32.4 Å². The van der Waals surface area contributed by atoms with Gasteiger partial charge in [-0.25, -0.2) is 0 Å². The molecule has 0 atom stereocenters. The Balaban J connectivity index is 2.60. The standard InChI is InChI=1S/C12H16N2O/c1-8-6-5-7-9-10(8)14(4)11(15)12(2,3)13-9/h5-7,13H,1-4H3. The molecule has 1 N–H and O–H groups in total. The lowest BCUT2D eigenvalue weighted by Gasteiger charge is -2.38. The molecule has 0 aliphatic carbocycles. The molecule has 2 rings (SSSR count). The van der Waals surface area contributed by atoms with E-state index in [-0.39, 0.29) is 5.91 Å². The third-order valence-corrected chi connectivity index (χ3v) is 2.86. The van der Waals surface area contributed by atoms with Crippen molar-refractivity contribution in [2.24, 2.45) is 0 Å². The average molecular weight is 204 g/mol. The number of hydrogen-bond acceptors (Lipinski definition) is 2. The summed E-state index contributed by atoms with van der Waals surface area (Å²) >= 11 is 0. The minimum absolute atomic E-state index is 0.101. The van der Waals surface area contributed by atoms with Crippen molar-refractivity contribution in [1.82, 2.24) is 0 Å². The van der Waals surface area contributed by atoms with Gasteiger partial charge in [0.05, 0.1) is 11.4 Å². The zero-order chi connectivity index (χ0) is 11.2. The zero-order valence-electron chi connectivity index (χ0n) is 9.59. The molecule has 1 aromatic carbocycles. The summed E-state index contributed by atoms with van der Waals surface area (Å²) in [5.74, 6) is 0.101. The first-order valence-electron chi connectivity index (χ1n) is 5.09. The number of rotatable bonds is 0. The Morgan fingerprint density at radius 3 is 2.67 bits per heavy atom. The molecule has 1 aromatic rings. The molecule has 0 fully saturated rings. The van der Waals surface area contributed by atoms with Crippen LogP contribution in [0.4, 0.5) is 11.4 Å². The summed E-state index contributed by atoms with van der Waals surface area (Å²) in [5.41, 5.74) is 2.62. The Hall–Kier alpha value is -1.51. The van der Waals surface area contributed by atoms with Crippen molar-refractivity contribution in [2.45, 2.75) is 26.3 Å². The van der Waals surface area contributed by atoms with Gasteiger partial charge in [-0.15, -0.1) is 0 Å². The minimum atomic E-state index is -0.518. The second-order valence-electron chi connectivity index (χ2n) is 4.59. The molecule has 1 aliphatic rings. The number of anilines is 2. The van der Waals surface area contributed by atoms with Crippen molar-refractivity contribution in [3.63, 3.8) is 0 Å². The predicted molar refractivity (Wildman–Crippen MR) is 62.3 cm³/mol. The molecule has 0 radical (unpaired) electrons. The normalized spacial score (nSPS) is 18.4. The highest BCUT2D eigenvalue weighted by atomic mass is 16.2. The Morgan fingerprint density at radius 2 is 2.00 bits per heavy atom. The third-order valence-electron chi connectivity index (χ3n) is 2.86. The molecule has 1 heterocycles. The Labute approximate surface area is 90.1 Å². The van der Waals surface area contributed by atoms with Crippen LogP contribution >= 0.6 is 0 Å². The Morgan fingerprint density at radius 1 is 1.33 bits per heavy atom. The summed E-state index contributed by atoms with van der Waals surface area (Å²) in [6.07, 6.45) is 0. The topological polar surface area (TPSA) is 32.3 Å². The van der Waals surface area contributed by atoms with Crippen LogP contribution in [0.25, 0.3) is 0 Å². The van der Waals surface area contributed by atoms with Crippen LogP contribution in [0.2, 0.25) is 0 Å². The van der Waals surface area contributed by atoms with E-state index in [1.54, 1.807) is 4.90 Å². The number of carbonyl (C=O) groups excluding carboxylic acids is 1. The lowest BCUT2D eigenvalue weighted by Crippen LogP contribution is -2.52. The molecule has 3 heteroatoms. The van der Waals surface area contributed by atoms with Gasteiger partial charge in [0.1, 0.15) is 5.54 Å². The van der Waals surface area contributed by atoms with Crippen molar-refractivity contribution >= 4 is 17.3 Å². The van der Waals surface area contributed by atoms with Gasteiger partial charge in [0.15, 0.2) is 0 Å². The van der Waals surface area contributed by atoms with Crippen LogP contribution in [0.3, 0.4) is 0 Å². The fraction of sp³-hybridized carbons (Fsp3) is 0.417. The molecule has 0 saturated carbocycles. The monoisotopic (exact) mass is 204 g/mol. The first-order chi connectivity index (χ1) is 6.93. The van der Waals surface area contributed by atoms with E-state index >= 15 is 0 Å². The van der Waals surface area contributed by atoms with Crippen molar-refractivity contribution in [3.05, 3.63) is 23.8 Å².